The Morgan fingerprint density at radius 3 is 2.41 bits per heavy atom. The van der Waals surface area contributed by atoms with Crippen molar-refractivity contribution in [1.29, 1.82) is 0 Å². The van der Waals surface area contributed by atoms with E-state index in [1.807, 2.05) is 0 Å². The molecule has 0 unspecified atom stereocenters. The Morgan fingerprint density at radius 1 is 1.17 bits per heavy atom. The lowest BCUT2D eigenvalue weighted by Crippen LogP contribution is -2.48. The van der Waals surface area contributed by atoms with Crippen LogP contribution in [0.4, 0.5) is 9.59 Å². The van der Waals surface area contributed by atoms with Gasteiger partial charge in [0.2, 0.25) is 0 Å². The zero-order valence-corrected chi connectivity index (χ0v) is 17.2. The summed E-state index contributed by atoms with van der Waals surface area (Å²) in [5.74, 6) is -1.85. The molecule has 0 spiro atoms. The number of carbonyl (C=O) groups excluding carboxylic acids is 5. The highest BCUT2D eigenvalue weighted by Crippen LogP contribution is 2.25. The van der Waals surface area contributed by atoms with Crippen LogP contribution in [0.3, 0.4) is 0 Å². The van der Waals surface area contributed by atoms with E-state index >= 15 is 0 Å². The summed E-state index contributed by atoms with van der Waals surface area (Å²) in [7, 11) is 0. The highest BCUT2D eigenvalue weighted by Gasteiger charge is 2.49. The van der Waals surface area contributed by atoms with Crippen molar-refractivity contribution in [3.8, 4) is 0 Å². The summed E-state index contributed by atoms with van der Waals surface area (Å²) in [4.78, 5) is 60.9. The minimum absolute atomic E-state index is 0.0104. The van der Waals surface area contributed by atoms with Gasteiger partial charge in [0.1, 0.15) is 12.1 Å². The number of esters is 1. The highest BCUT2D eigenvalue weighted by molar-refractivity contribution is 6.08. The Bertz CT molecular complexity index is 676. The van der Waals surface area contributed by atoms with Gasteiger partial charge < -0.3 is 15.4 Å². The fourth-order valence-corrected chi connectivity index (χ4v) is 3.77. The molecule has 1 aliphatic carbocycles. The van der Waals surface area contributed by atoms with Crippen LogP contribution in [0.15, 0.2) is 0 Å². The average molecular weight is 410 g/mol. The minimum Gasteiger partial charge on any atom is -0.454 e. The molecule has 0 aromatic rings. The largest absolute Gasteiger partial charge is 0.454 e. The van der Waals surface area contributed by atoms with Crippen LogP contribution >= 0.6 is 0 Å². The van der Waals surface area contributed by atoms with Crippen LogP contribution in [0.1, 0.15) is 59.3 Å². The highest BCUT2D eigenvalue weighted by atomic mass is 16.5. The van der Waals surface area contributed by atoms with Crippen LogP contribution < -0.4 is 16.0 Å². The predicted molar refractivity (Wildman–Crippen MR) is 103 cm³/mol. The Morgan fingerprint density at radius 2 is 1.83 bits per heavy atom. The summed E-state index contributed by atoms with van der Waals surface area (Å²) < 4.78 is 4.80. The molecule has 1 aliphatic heterocycles. The molecule has 0 radical (unpaired) electrons. The Labute approximate surface area is 170 Å². The molecule has 1 heterocycles. The molecule has 1 saturated carbocycles. The van der Waals surface area contributed by atoms with Crippen molar-refractivity contribution in [3.05, 3.63) is 0 Å². The number of carbonyl (C=O) groups is 5. The van der Waals surface area contributed by atoms with E-state index in [9.17, 15) is 24.0 Å². The molecule has 2 fully saturated rings. The molecule has 2 rings (SSSR count). The van der Waals surface area contributed by atoms with Crippen molar-refractivity contribution < 1.29 is 28.7 Å². The van der Waals surface area contributed by atoms with E-state index in [2.05, 4.69) is 22.9 Å². The van der Waals surface area contributed by atoms with Crippen molar-refractivity contribution in [1.82, 2.24) is 20.9 Å². The van der Waals surface area contributed by atoms with E-state index in [1.54, 1.807) is 13.8 Å². The van der Waals surface area contributed by atoms with Gasteiger partial charge in [-0.3, -0.25) is 24.6 Å². The molecule has 0 aromatic carbocycles. The number of nitrogens with zero attached hydrogens (tertiary/aromatic N) is 1. The first kappa shape index (κ1) is 22.6. The average Bonchev–Trinajstić information content (AvgIpc) is 2.92. The van der Waals surface area contributed by atoms with Crippen LogP contribution in [0.25, 0.3) is 0 Å². The molecule has 1 saturated heterocycles. The van der Waals surface area contributed by atoms with Gasteiger partial charge in [0.25, 0.3) is 11.8 Å². The lowest BCUT2D eigenvalue weighted by Gasteiger charge is -2.29. The Balaban J connectivity index is 1.76. The van der Waals surface area contributed by atoms with Gasteiger partial charge >= 0.3 is 18.0 Å². The van der Waals surface area contributed by atoms with Gasteiger partial charge in [-0.2, -0.15) is 0 Å². The summed E-state index contributed by atoms with van der Waals surface area (Å²) in [5.41, 5.74) is -1.01. The zero-order chi connectivity index (χ0) is 21.6. The molecule has 162 valence electrons. The Hall–Kier alpha value is -2.65. The van der Waals surface area contributed by atoms with Crippen molar-refractivity contribution in [2.75, 3.05) is 13.2 Å². The quantitative estimate of drug-likeness (QED) is 0.424. The van der Waals surface area contributed by atoms with Gasteiger partial charge in [0.05, 0.1) is 0 Å². The molecular formula is C19H30N4O6. The number of hydrogen-bond acceptors (Lipinski definition) is 6. The normalized spacial score (nSPS) is 23.3. The van der Waals surface area contributed by atoms with E-state index in [1.165, 1.54) is 0 Å². The summed E-state index contributed by atoms with van der Waals surface area (Å²) >= 11 is 0. The number of nitrogens with one attached hydrogen (secondary N) is 3. The standard InChI is InChI=1S/C19H30N4O6/c1-4-19(5-2)16(26)23(18(28)22-19)10-15(25)29-11-14(24)21-17(27)20-13-9-7-6-8-12(13)3/h12-13H,4-11H2,1-3H3,(H,22,28)(H2,20,21,24,27)/t12-,13-/m0/s1. The van der Waals surface area contributed by atoms with Crippen molar-refractivity contribution in [2.45, 2.75) is 70.9 Å². The SMILES string of the molecule is CCC1(CC)NC(=O)N(CC(=O)OCC(=O)NC(=O)N[C@H]2CCCC[C@@H]2C)C1=O. The second-order valence-electron chi connectivity index (χ2n) is 7.66. The van der Waals surface area contributed by atoms with Crippen LogP contribution in [0, 0.1) is 5.92 Å². The van der Waals surface area contributed by atoms with Crippen LogP contribution in [0.5, 0.6) is 0 Å². The third-order valence-corrected chi connectivity index (χ3v) is 5.79. The topological polar surface area (TPSA) is 134 Å². The van der Waals surface area contributed by atoms with Crippen LogP contribution in [-0.4, -0.2) is 59.5 Å². The van der Waals surface area contributed by atoms with E-state index < -0.39 is 48.5 Å². The second kappa shape index (κ2) is 9.71. The lowest BCUT2D eigenvalue weighted by molar-refractivity contribution is -0.151. The number of rotatable bonds is 7. The van der Waals surface area contributed by atoms with Crippen molar-refractivity contribution >= 4 is 29.8 Å². The van der Waals surface area contributed by atoms with Crippen LogP contribution in [0.2, 0.25) is 0 Å². The van der Waals surface area contributed by atoms with Gasteiger partial charge in [0, 0.05) is 6.04 Å². The summed E-state index contributed by atoms with van der Waals surface area (Å²) in [5, 5.41) is 7.48. The van der Waals surface area contributed by atoms with Crippen molar-refractivity contribution in [3.63, 3.8) is 0 Å². The fraction of sp³-hybridized carbons (Fsp3) is 0.737. The summed E-state index contributed by atoms with van der Waals surface area (Å²) in [6, 6.07) is -1.29. The first-order valence-corrected chi connectivity index (χ1v) is 10.1. The maximum Gasteiger partial charge on any atom is 0.326 e. The number of hydrogen-bond donors (Lipinski definition) is 3. The molecule has 2 aliphatic rings. The molecule has 0 aromatic heterocycles. The zero-order valence-electron chi connectivity index (χ0n) is 17.2. The Kier molecular flexibility index (Phi) is 7.58. The number of urea groups is 2. The number of ether oxygens (including phenoxy) is 1. The van der Waals surface area contributed by atoms with Gasteiger partial charge in [-0.15, -0.1) is 0 Å². The van der Waals surface area contributed by atoms with E-state index in [-0.39, 0.29) is 6.04 Å². The van der Waals surface area contributed by atoms with Gasteiger partial charge in [0.15, 0.2) is 6.61 Å². The lowest BCUT2D eigenvalue weighted by atomic mass is 9.86. The van der Waals surface area contributed by atoms with E-state index in [0.717, 1.165) is 30.6 Å². The fourth-order valence-electron chi connectivity index (χ4n) is 3.77. The summed E-state index contributed by atoms with van der Waals surface area (Å²) in [6.45, 7) is 4.32. The molecule has 3 N–H and O–H groups in total. The molecule has 10 heteroatoms. The number of imide groups is 2. The monoisotopic (exact) mass is 410 g/mol. The molecule has 10 nitrogen and oxygen atoms in total. The molecular weight excluding hydrogens is 380 g/mol. The first-order valence-electron chi connectivity index (χ1n) is 10.1. The third-order valence-electron chi connectivity index (χ3n) is 5.79. The van der Waals surface area contributed by atoms with Gasteiger partial charge in [-0.1, -0.05) is 33.6 Å². The smallest absolute Gasteiger partial charge is 0.326 e. The third kappa shape index (κ3) is 5.45. The molecule has 6 amide bonds. The van der Waals surface area contributed by atoms with E-state index in [0.29, 0.717) is 18.8 Å². The van der Waals surface area contributed by atoms with Crippen molar-refractivity contribution in [2.24, 2.45) is 5.92 Å². The minimum atomic E-state index is -1.01. The first-order chi connectivity index (χ1) is 13.7. The second-order valence-corrected chi connectivity index (χ2v) is 7.66. The van der Waals surface area contributed by atoms with Gasteiger partial charge in [-0.25, -0.2) is 9.59 Å². The van der Waals surface area contributed by atoms with Crippen LogP contribution in [-0.2, 0) is 19.1 Å². The van der Waals surface area contributed by atoms with E-state index in [4.69, 9.17) is 4.74 Å². The maximum atomic E-state index is 12.4. The molecule has 0 bridgehead atoms. The predicted octanol–water partition coefficient (Wildman–Crippen LogP) is 1.04. The maximum absolute atomic E-state index is 12.4. The molecule has 29 heavy (non-hydrogen) atoms. The molecule has 2 atom stereocenters. The van der Waals surface area contributed by atoms with Gasteiger partial charge in [-0.05, 0) is 31.6 Å². The summed E-state index contributed by atoms with van der Waals surface area (Å²) in [6.07, 6.45) is 4.84. The number of amides is 6.